The highest BCUT2D eigenvalue weighted by Crippen LogP contribution is 2.40. The van der Waals surface area contributed by atoms with E-state index < -0.39 is 77.8 Å². The fourth-order valence-electron chi connectivity index (χ4n) is 10.7. The molecule has 1 saturated carbocycles. The molecule has 1 aromatic heterocycles. The third-order valence-corrected chi connectivity index (χ3v) is 15.1. The number of methoxy groups -OCH3 is 2. The number of rotatable bonds is 6. The normalized spacial score (nSPS) is 39.1. The van der Waals surface area contributed by atoms with Crippen LogP contribution in [-0.4, -0.2) is 119 Å². The number of allylic oxidation sites excluding steroid dienone is 7. The molecule has 3 aliphatic heterocycles. The molecular formula is C54H79NO13. The maximum atomic E-state index is 14.4. The quantitative estimate of drug-likeness (QED) is 0.144. The Kier molecular flexibility index (Phi) is 20.3. The van der Waals surface area contributed by atoms with Gasteiger partial charge in [0.2, 0.25) is 5.79 Å². The van der Waals surface area contributed by atoms with E-state index in [0.717, 1.165) is 12.0 Å². The third kappa shape index (κ3) is 13.8. The molecule has 2 saturated heterocycles. The standard InChI is InChI=1S/C54H79NO13/c1-32-16-11-10-12-17-33(2)41(45-19-15-25-66-45)30-40-22-20-38(7)54(63,68-40)51(60)52(61)55-24-14-13-18-42(55)53(62)67-46(35(4)28-39-21-23-43(56)47(29-39)64-8)31-44(57)34(3)27-37(6)49(59)50(65-9)48(58)36(5)26-32/h10-12,15-17,19,25,27,32,34-36,38-43,46-47,49-50,56,59,63H,13-14,18,20-24,26,28-31H2,1-9H3/b12-10+,16-11-,33-17+,37-27+/t32-,34-,35-,36-,38-,39+,40+,41-,42+,43-,46+,47-,49-,50+,54-/m1/s1. The smallest absolute Gasteiger partial charge is 0.329 e. The Morgan fingerprint density at radius 1 is 0.882 bits per heavy atom. The van der Waals surface area contributed by atoms with E-state index in [1.165, 1.54) is 12.0 Å². The molecule has 14 heteroatoms. The summed E-state index contributed by atoms with van der Waals surface area (Å²) in [4.78, 5) is 72.3. The molecule has 15 atom stereocenters. The molecule has 1 aliphatic carbocycles. The van der Waals surface area contributed by atoms with Crippen LogP contribution in [-0.2, 0) is 42.9 Å². The highest BCUT2D eigenvalue weighted by atomic mass is 16.6. The van der Waals surface area contributed by atoms with Gasteiger partial charge in [-0.1, -0.05) is 76.6 Å². The largest absolute Gasteiger partial charge is 0.469 e. The van der Waals surface area contributed by atoms with Gasteiger partial charge < -0.3 is 43.6 Å². The number of hydrogen-bond donors (Lipinski definition) is 3. The molecule has 5 rings (SSSR count). The van der Waals surface area contributed by atoms with Gasteiger partial charge in [0, 0.05) is 50.9 Å². The van der Waals surface area contributed by atoms with Crippen LogP contribution in [0, 0.1) is 35.5 Å². The Morgan fingerprint density at radius 2 is 1.63 bits per heavy atom. The minimum absolute atomic E-state index is 0.00926. The van der Waals surface area contributed by atoms with Crippen molar-refractivity contribution < 1.29 is 62.7 Å². The number of fused-ring (bicyclic) bond motifs is 3. The van der Waals surface area contributed by atoms with Gasteiger partial charge in [-0.05, 0) is 120 Å². The zero-order valence-corrected chi connectivity index (χ0v) is 41.8. The lowest BCUT2D eigenvalue weighted by atomic mass is 9.78. The van der Waals surface area contributed by atoms with Gasteiger partial charge in [0.1, 0.15) is 35.9 Å². The van der Waals surface area contributed by atoms with E-state index >= 15 is 0 Å². The van der Waals surface area contributed by atoms with Crippen molar-refractivity contribution in [2.45, 2.75) is 180 Å². The van der Waals surface area contributed by atoms with Crippen LogP contribution in [0.2, 0.25) is 0 Å². The predicted molar refractivity (Wildman–Crippen MR) is 256 cm³/mol. The summed E-state index contributed by atoms with van der Waals surface area (Å²) < 4.78 is 29.6. The predicted octanol–water partition coefficient (Wildman–Crippen LogP) is 7.54. The zero-order valence-electron chi connectivity index (χ0n) is 41.8. The molecule has 378 valence electrons. The fourth-order valence-corrected chi connectivity index (χ4v) is 10.7. The number of aliphatic hydroxyl groups excluding tert-OH is 2. The van der Waals surface area contributed by atoms with E-state index in [1.807, 2.05) is 64.1 Å². The summed E-state index contributed by atoms with van der Waals surface area (Å²) in [6, 6.07) is 2.52. The average Bonchev–Trinajstić information content (AvgIpc) is 3.86. The number of piperidine rings is 1. The first-order valence-corrected chi connectivity index (χ1v) is 25.0. The maximum absolute atomic E-state index is 14.4. The van der Waals surface area contributed by atoms with Crippen molar-refractivity contribution in [2.24, 2.45) is 35.5 Å². The van der Waals surface area contributed by atoms with Crippen LogP contribution in [0.15, 0.2) is 70.4 Å². The molecule has 1 aromatic rings. The van der Waals surface area contributed by atoms with Gasteiger partial charge in [0.25, 0.3) is 11.7 Å². The summed E-state index contributed by atoms with van der Waals surface area (Å²) in [7, 11) is 2.95. The summed E-state index contributed by atoms with van der Waals surface area (Å²) in [6.07, 6.45) is 13.3. The molecule has 0 aromatic carbocycles. The molecule has 0 unspecified atom stereocenters. The number of Topliss-reactive ketones (excluding diaryl/α,β-unsaturated/α-hetero) is 3. The molecule has 14 nitrogen and oxygen atoms in total. The lowest BCUT2D eigenvalue weighted by molar-refractivity contribution is -0.264. The SMILES string of the molecule is CO[C@@H]1C[C@H](C[C@@H](C)[C@@H]2CC(=O)[C@H](C)/C=C(\C)[C@@H](O)[C@@H](OC)C(=O)[C@H](C)C[C@H](C)\C=C/C=C/C=C(\C)[C@H](c3ccco3)C[C@@H]3CC[C@@H](C)[C@@](O)(O3)C(=O)C(=O)N3CCCC[C@H]3C(=O)O2)CC[C@H]1O. The topological polar surface area (TPSA) is 199 Å². The lowest BCUT2D eigenvalue weighted by Gasteiger charge is -2.42. The Labute approximate surface area is 403 Å². The number of hydrogen-bond acceptors (Lipinski definition) is 13. The number of carbonyl (C=O) groups excluding carboxylic acids is 5. The van der Waals surface area contributed by atoms with Crippen LogP contribution in [0.1, 0.15) is 137 Å². The van der Waals surface area contributed by atoms with Gasteiger partial charge >= 0.3 is 5.97 Å². The van der Waals surface area contributed by atoms with Crippen LogP contribution in [0.5, 0.6) is 0 Å². The highest BCUT2D eigenvalue weighted by molar-refractivity contribution is 6.39. The number of ketones is 3. The van der Waals surface area contributed by atoms with Crippen molar-refractivity contribution in [3.05, 3.63) is 71.8 Å². The summed E-state index contributed by atoms with van der Waals surface area (Å²) in [5, 5.41) is 34.1. The molecule has 4 heterocycles. The summed E-state index contributed by atoms with van der Waals surface area (Å²) in [6.45, 7) is 12.8. The number of cyclic esters (lactones) is 1. The molecule has 0 spiro atoms. The minimum atomic E-state index is -2.45. The number of esters is 1. The summed E-state index contributed by atoms with van der Waals surface area (Å²) in [5.41, 5.74) is 1.33. The molecule has 0 radical (unpaired) electrons. The van der Waals surface area contributed by atoms with Crippen molar-refractivity contribution in [1.29, 1.82) is 0 Å². The van der Waals surface area contributed by atoms with E-state index in [2.05, 4.69) is 0 Å². The Hall–Kier alpha value is -4.05. The highest BCUT2D eigenvalue weighted by Gasteiger charge is 2.53. The van der Waals surface area contributed by atoms with E-state index in [-0.39, 0.29) is 60.7 Å². The number of carbonyl (C=O) groups is 5. The second-order valence-electron chi connectivity index (χ2n) is 20.4. The van der Waals surface area contributed by atoms with Crippen molar-refractivity contribution in [3.63, 3.8) is 0 Å². The van der Waals surface area contributed by atoms with Gasteiger partial charge in [-0.3, -0.25) is 19.2 Å². The minimum Gasteiger partial charge on any atom is -0.469 e. The van der Waals surface area contributed by atoms with Crippen LogP contribution in [0.25, 0.3) is 0 Å². The fraction of sp³-hybridized carbons (Fsp3) is 0.685. The second kappa shape index (κ2) is 25.2. The number of nitrogens with zero attached hydrogens (tertiary/aromatic N) is 1. The van der Waals surface area contributed by atoms with E-state index in [0.29, 0.717) is 69.1 Å². The number of aliphatic hydroxyl groups is 3. The maximum Gasteiger partial charge on any atom is 0.329 e. The van der Waals surface area contributed by atoms with Crippen LogP contribution in [0.4, 0.5) is 0 Å². The third-order valence-electron chi connectivity index (χ3n) is 15.1. The van der Waals surface area contributed by atoms with Crippen LogP contribution < -0.4 is 0 Å². The molecule has 4 aliphatic rings. The first-order chi connectivity index (χ1) is 32.3. The summed E-state index contributed by atoms with van der Waals surface area (Å²) in [5.74, 6) is -7.63. The average molecular weight is 950 g/mol. The lowest BCUT2D eigenvalue weighted by Crippen LogP contribution is -2.60. The Balaban J connectivity index is 1.49. The van der Waals surface area contributed by atoms with Gasteiger partial charge in [-0.15, -0.1) is 0 Å². The molecular weight excluding hydrogens is 871 g/mol. The Morgan fingerprint density at radius 3 is 2.32 bits per heavy atom. The molecule has 2 bridgehead atoms. The monoisotopic (exact) mass is 950 g/mol. The Bertz CT molecular complexity index is 1990. The number of amides is 1. The van der Waals surface area contributed by atoms with E-state index in [9.17, 15) is 39.3 Å². The van der Waals surface area contributed by atoms with Gasteiger partial charge in [-0.2, -0.15) is 0 Å². The molecule has 68 heavy (non-hydrogen) atoms. The second-order valence-corrected chi connectivity index (χ2v) is 20.4. The summed E-state index contributed by atoms with van der Waals surface area (Å²) >= 11 is 0. The van der Waals surface area contributed by atoms with Crippen molar-refractivity contribution in [3.8, 4) is 0 Å². The van der Waals surface area contributed by atoms with Crippen molar-refractivity contribution in [1.82, 2.24) is 4.90 Å². The zero-order chi connectivity index (χ0) is 49.9. The molecule has 3 N–H and O–H groups in total. The van der Waals surface area contributed by atoms with Gasteiger partial charge in [0.15, 0.2) is 5.78 Å². The number of furan rings is 1. The first kappa shape index (κ1) is 54.9. The van der Waals surface area contributed by atoms with E-state index in [1.54, 1.807) is 46.3 Å². The molecule has 1 amide bonds. The number of ether oxygens (including phenoxy) is 4. The van der Waals surface area contributed by atoms with Crippen LogP contribution >= 0.6 is 0 Å². The first-order valence-electron chi connectivity index (χ1n) is 25.0. The van der Waals surface area contributed by atoms with Crippen LogP contribution in [0.3, 0.4) is 0 Å². The van der Waals surface area contributed by atoms with Crippen molar-refractivity contribution >= 4 is 29.2 Å². The van der Waals surface area contributed by atoms with Crippen molar-refractivity contribution in [2.75, 3.05) is 20.8 Å². The van der Waals surface area contributed by atoms with Gasteiger partial charge in [0.05, 0.1) is 24.6 Å². The molecule has 3 fully saturated rings. The van der Waals surface area contributed by atoms with E-state index in [4.69, 9.17) is 23.4 Å². The van der Waals surface area contributed by atoms with Gasteiger partial charge in [-0.25, -0.2) is 4.79 Å².